The molecule has 0 aliphatic carbocycles. The minimum Gasteiger partial charge on any atom is -0.347 e. The molecule has 3 aromatic heterocycles. The molecule has 0 saturated carbocycles. The third kappa shape index (κ3) is 4.78. The van der Waals surface area contributed by atoms with Gasteiger partial charge in [0.05, 0.1) is 17.9 Å². The van der Waals surface area contributed by atoms with Gasteiger partial charge in [-0.25, -0.2) is 4.98 Å². The van der Waals surface area contributed by atoms with Crippen LogP contribution in [0.4, 0.5) is 0 Å². The summed E-state index contributed by atoms with van der Waals surface area (Å²) >= 11 is 9.81. The molecule has 0 aliphatic rings. The molecule has 0 aromatic carbocycles. The molecule has 3 aromatic rings. The van der Waals surface area contributed by atoms with Crippen molar-refractivity contribution in [3.8, 4) is 0 Å². The Bertz CT molecular complexity index is 992. The van der Waals surface area contributed by atoms with Crippen molar-refractivity contribution in [3.63, 3.8) is 0 Å². The lowest BCUT2D eigenvalue weighted by Gasteiger charge is -2.01. The fraction of sp³-hybridized carbons (Fsp3) is 0.316. The molecule has 6 nitrogen and oxygen atoms in total. The lowest BCUT2D eigenvalue weighted by atomic mass is 10.2. The molecule has 1 amide bonds. The summed E-state index contributed by atoms with van der Waals surface area (Å²) in [6.07, 6.45) is 9.09. The van der Waals surface area contributed by atoms with E-state index in [1.54, 1.807) is 10.8 Å². The maximum absolute atomic E-state index is 12.2. The number of fused-ring (bicyclic) bond motifs is 1. The second kappa shape index (κ2) is 8.71. The number of nitrogens with zero attached hydrogens (tertiary/aromatic N) is 4. The summed E-state index contributed by atoms with van der Waals surface area (Å²) in [6, 6.07) is 3.84. The first kappa shape index (κ1) is 19.6. The number of carbonyl (C=O) groups excluding carboxylic acids is 1. The summed E-state index contributed by atoms with van der Waals surface area (Å²) < 4.78 is 4.67. The van der Waals surface area contributed by atoms with Crippen LogP contribution in [0.25, 0.3) is 11.7 Å². The Balaban J connectivity index is 1.62. The second-order valence-corrected chi connectivity index (χ2v) is 7.54. The predicted octanol–water partition coefficient (Wildman–Crippen LogP) is 4.38. The van der Waals surface area contributed by atoms with Crippen molar-refractivity contribution in [3.05, 3.63) is 57.2 Å². The summed E-state index contributed by atoms with van der Waals surface area (Å²) in [5.41, 5.74) is 3.21. The van der Waals surface area contributed by atoms with Gasteiger partial charge in [-0.15, -0.1) is 0 Å². The molecule has 0 spiro atoms. The first-order valence-corrected chi connectivity index (χ1v) is 9.97. The van der Waals surface area contributed by atoms with Crippen LogP contribution in [0, 0.1) is 6.92 Å². The van der Waals surface area contributed by atoms with E-state index >= 15 is 0 Å². The zero-order valence-electron chi connectivity index (χ0n) is 15.2. The van der Waals surface area contributed by atoms with Crippen LogP contribution in [-0.4, -0.2) is 25.1 Å². The van der Waals surface area contributed by atoms with Gasteiger partial charge in [0, 0.05) is 35.1 Å². The fourth-order valence-electron chi connectivity index (χ4n) is 2.71. The Morgan fingerprint density at radius 1 is 1.37 bits per heavy atom. The van der Waals surface area contributed by atoms with Crippen LogP contribution in [0.15, 0.2) is 35.1 Å². The number of carbonyl (C=O) groups is 1. The molecule has 0 unspecified atom stereocenters. The average molecular weight is 451 g/mol. The Hall–Kier alpha value is -2.12. The molecule has 3 heterocycles. The van der Waals surface area contributed by atoms with E-state index in [2.05, 4.69) is 38.3 Å². The Labute approximate surface area is 171 Å². The molecule has 3 rings (SSSR count). The Morgan fingerprint density at radius 3 is 2.96 bits per heavy atom. The Kier molecular flexibility index (Phi) is 6.34. The topological polar surface area (TPSA) is 64.2 Å². The summed E-state index contributed by atoms with van der Waals surface area (Å²) in [4.78, 5) is 16.6. The van der Waals surface area contributed by atoms with Gasteiger partial charge in [-0.1, -0.05) is 24.9 Å². The number of aryl methyl sites for hydroxylation is 2. The molecule has 0 radical (unpaired) electrons. The minimum atomic E-state index is -0.204. The molecule has 0 aliphatic heterocycles. The molecular formula is C19H21BrClN5O. The maximum atomic E-state index is 12.2. The van der Waals surface area contributed by atoms with Crippen LogP contribution in [-0.2, 0) is 17.9 Å². The van der Waals surface area contributed by atoms with E-state index in [1.807, 2.05) is 35.9 Å². The molecule has 0 fully saturated rings. The van der Waals surface area contributed by atoms with Crippen molar-refractivity contribution in [2.45, 2.75) is 39.8 Å². The van der Waals surface area contributed by atoms with Crippen LogP contribution < -0.4 is 5.32 Å². The molecule has 0 bridgehead atoms. The van der Waals surface area contributed by atoms with Gasteiger partial charge in [-0.05, 0) is 47.5 Å². The largest absolute Gasteiger partial charge is 0.347 e. The van der Waals surface area contributed by atoms with E-state index in [9.17, 15) is 4.79 Å². The number of rotatable bonds is 7. The van der Waals surface area contributed by atoms with Gasteiger partial charge in [0.15, 0.2) is 0 Å². The highest BCUT2D eigenvalue weighted by Gasteiger charge is 2.11. The number of imidazole rings is 1. The second-order valence-electron chi connectivity index (χ2n) is 6.26. The molecule has 1 N–H and O–H groups in total. The van der Waals surface area contributed by atoms with E-state index in [0.29, 0.717) is 11.7 Å². The van der Waals surface area contributed by atoms with E-state index < -0.39 is 0 Å². The number of unbranched alkanes of at least 4 members (excludes halogenated alkanes) is 1. The van der Waals surface area contributed by atoms with Crippen LogP contribution in [0.3, 0.4) is 0 Å². The van der Waals surface area contributed by atoms with Gasteiger partial charge in [-0.3, -0.25) is 9.48 Å². The molecule has 0 saturated heterocycles. The number of hydrogen-bond acceptors (Lipinski definition) is 3. The van der Waals surface area contributed by atoms with Crippen molar-refractivity contribution >= 4 is 45.2 Å². The van der Waals surface area contributed by atoms with Gasteiger partial charge >= 0.3 is 0 Å². The molecule has 27 heavy (non-hydrogen) atoms. The third-order valence-corrected chi connectivity index (χ3v) is 5.01. The van der Waals surface area contributed by atoms with Crippen LogP contribution in [0.2, 0.25) is 5.15 Å². The average Bonchev–Trinajstić information content (AvgIpc) is 3.16. The number of nitrogens with one attached hydrogen (secondary N) is 1. The van der Waals surface area contributed by atoms with E-state index in [-0.39, 0.29) is 5.91 Å². The van der Waals surface area contributed by atoms with Gasteiger partial charge in [0.2, 0.25) is 5.91 Å². The SMILES string of the molecule is CCCCn1nc(C)c(C=CC(=O)NCc2cn3cc(Br)ccc3n2)c1Cl. The van der Waals surface area contributed by atoms with Gasteiger partial charge < -0.3 is 9.72 Å². The first-order chi connectivity index (χ1) is 13.0. The highest BCUT2D eigenvalue weighted by molar-refractivity contribution is 9.10. The Morgan fingerprint density at radius 2 is 2.19 bits per heavy atom. The summed E-state index contributed by atoms with van der Waals surface area (Å²) in [7, 11) is 0. The molecule has 142 valence electrons. The maximum Gasteiger partial charge on any atom is 0.244 e. The van der Waals surface area contributed by atoms with Crippen molar-refractivity contribution in [2.24, 2.45) is 0 Å². The standard InChI is InChI=1S/C19H21BrClN5O/c1-3-4-9-26-19(21)16(13(2)24-26)6-8-18(27)22-10-15-12-25-11-14(20)5-7-17(25)23-15/h5-8,11-12H,3-4,9-10H2,1-2H3,(H,22,27). The number of halogens is 2. The zero-order valence-corrected chi connectivity index (χ0v) is 17.6. The third-order valence-electron chi connectivity index (χ3n) is 4.14. The molecule has 0 atom stereocenters. The van der Waals surface area contributed by atoms with Crippen LogP contribution >= 0.6 is 27.5 Å². The molecular weight excluding hydrogens is 430 g/mol. The normalized spacial score (nSPS) is 11.6. The smallest absolute Gasteiger partial charge is 0.244 e. The van der Waals surface area contributed by atoms with E-state index in [1.165, 1.54) is 6.08 Å². The van der Waals surface area contributed by atoms with Crippen molar-refractivity contribution in [2.75, 3.05) is 0 Å². The van der Waals surface area contributed by atoms with Crippen LogP contribution in [0.5, 0.6) is 0 Å². The number of aromatic nitrogens is 4. The predicted molar refractivity (Wildman–Crippen MR) is 111 cm³/mol. The number of hydrogen-bond donors (Lipinski definition) is 1. The monoisotopic (exact) mass is 449 g/mol. The number of pyridine rings is 1. The summed E-state index contributed by atoms with van der Waals surface area (Å²) in [5.74, 6) is -0.204. The van der Waals surface area contributed by atoms with Gasteiger partial charge in [0.1, 0.15) is 10.8 Å². The number of amides is 1. The first-order valence-electron chi connectivity index (χ1n) is 8.80. The highest BCUT2D eigenvalue weighted by Crippen LogP contribution is 2.21. The lowest BCUT2D eigenvalue weighted by Crippen LogP contribution is -2.20. The summed E-state index contributed by atoms with van der Waals surface area (Å²) in [5, 5.41) is 7.84. The molecule has 8 heteroatoms. The van der Waals surface area contributed by atoms with Crippen molar-refractivity contribution < 1.29 is 4.79 Å². The van der Waals surface area contributed by atoms with Gasteiger partial charge in [-0.2, -0.15) is 5.10 Å². The summed E-state index contributed by atoms with van der Waals surface area (Å²) in [6.45, 7) is 5.14. The zero-order chi connectivity index (χ0) is 19.4. The van der Waals surface area contributed by atoms with Gasteiger partial charge in [0.25, 0.3) is 0 Å². The van der Waals surface area contributed by atoms with Crippen molar-refractivity contribution in [1.29, 1.82) is 0 Å². The van der Waals surface area contributed by atoms with Crippen LogP contribution in [0.1, 0.15) is 36.7 Å². The van der Waals surface area contributed by atoms with Crippen molar-refractivity contribution in [1.82, 2.24) is 24.5 Å². The highest BCUT2D eigenvalue weighted by atomic mass is 79.9. The van der Waals surface area contributed by atoms with E-state index in [0.717, 1.165) is 46.5 Å². The lowest BCUT2D eigenvalue weighted by molar-refractivity contribution is -0.116. The quantitative estimate of drug-likeness (QED) is 0.543. The van der Waals surface area contributed by atoms with E-state index in [4.69, 9.17) is 11.6 Å². The minimum absolute atomic E-state index is 0.204. The fourth-order valence-corrected chi connectivity index (χ4v) is 3.39.